The monoisotopic (exact) mass is 369 g/mol. The van der Waals surface area contributed by atoms with Crippen LogP contribution in [0.15, 0.2) is 27.8 Å². The van der Waals surface area contributed by atoms with E-state index < -0.39 is 0 Å². The minimum absolute atomic E-state index is 0.174. The number of aryl methyl sites for hydroxylation is 2. The van der Waals surface area contributed by atoms with E-state index in [1.807, 2.05) is 6.92 Å². The maximum Gasteiger partial charge on any atom is 0.351 e. The van der Waals surface area contributed by atoms with Gasteiger partial charge in [-0.25, -0.2) is 13.9 Å². The molecule has 0 saturated heterocycles. The Morgan fingerprint density at radius 2 is 2.00 bits per heavy atom. The number of benzene rings is 1. The van der Waals surface area contributed by atoms with Crippen molar-refractivity contribution < 1.29 is 4.79 Å². The molecule has 3 aromatic rings. The van der Waals surface area contributed by atoms with E-state index in [2.05, 4.69) is 10.4 Å². The average Bonchev–Trinajstić information content (AvgIpc) is 3.26. The molecule has 1 N–H and O–H groups in total. The molecule has 1 aromatic carbocycles. The summed E-state index contributed by atoms with van der Waals surface area (Å²) in [5.74, 6) is 0.127. The minimum Gasteiger partial charge on any atom is -0.349 e. The van der Waals surface area contributed by atoms with Gasteiger partial charge < -0.3 is 5.32 Å². The van der Waals surface area contributed by atoms with E-state index in [-0.39, 0.29) is 23.2 Å². The Hall–Kier alpha value is -2.90. The molecule has 1 aliphatic carbocycles. The Morgan fingerprint density at radius 1 is 1.26 bits per heavy atom. The highest BCUT2D eigenvalue weighted by Gasteiger charge is 2.20. The van der Waals surface area contributed by atoms with Gasteiger partial charge >= 0.3 is 5.69 Å². The second-order valence-electron chi connectivity index (χ2n) is 7.19. The van der Waals surface area contributed by atoms with Crippen molar-refractivity contribution in [3.05, 3.63) is 44.6 Å². The molecule has 142 valence electrons. The highest BCUT2D eigenvalue weighted by Crippen LogP contribution is 2.19. The average molecular weight is 369 g/mol. The molecule has 2 aromatic heterocycles. The summed E-state index contributed by atoms with van der Waals surface area (Å²) in [7, 11) is 1.55. The molecule has 0 radical (unpaired) electrons. The first-order valence-corrected chi connectivity index (χ1v) is 9.44. The van der Waals surface area contributed by atoms with Gasteiger partial charge in [0.1, 0.15) is 0 Å². The Balaban J connectivity index is 1.91. The first kappa shape index (κ1) is 17.5. The van der Waals surface area contributed by atoms with Crippen LogP contribution < -0.4 is 16.6 Å². The minimum atomic E-state index is -0.340. The maximum atomic E-state index is 12.9. The molecule has 4 rings (SSSR count). The van der Waals surface area contributed by atoms with Crippen LogP contribution in [0.4, 0.5) is 0 Å². The Labute approximate surface area is 155 Å². The molecule has 0 bridgehead atoms. The van der Waals surface area contributed by atoms with Crippen LogP contribution in [0.1, 0.15) is 49.4 Å². The lowest BCUT2D eigenvalue weighted by molar-refractivity contribution is 0.0938. The number of fused-ring (bicyclic) bond motifs is 3. The molecule has 2 heterocycles. The van der Waals surface area contributed by atoms with Gasteiger partial charge in [0.15, 0.2) is 0 Å². The van der Waals surface area contributed by atoms with Gasteiger partial charge in [-0.2, -0.15) is 0 Å². The van der Waals surface area contributed by atoms with Gasteiger partial charge in [-0.3, -0.25) is 14.2 Å². The summed E-state index contributed by atoms with van der Waals surface area (Å²) < 4.78 is 4.15. The van der Waals surface area contributed by atoms with Crippen molar-refractivity contribution in [2.24, 2.45) is 7.05 Å². The van der Waals surface area contributed by atoms with Crippen LogP contribution in [0.2, 0.25) is 0 Å². The summed E-state index contributed by atoms with van der Waals surface area (Å²) >= 11 is 0. The summed E-state index contributed by atoms with van der Waals surface area (Å²) in [6.07, 6.45) is 4.99. The zero-order valence-corrected chi connectivity index (χ0v) is 15.6. The molecule has 0 unspecified atom stereocenters. The van der Waals surface area contributed by atoms with Gasteiger partial charge in [0.25, 0.3) is 11.5 Å². The quantitative estimate of drug-likeness (QED) is 0.753. The molecule has 1 saturated carbocycles. The van der Waals surface area contributed by atoms with E-state index in [0.717, 1.165) is 32.1 Å². The van der Waals surface area contributed by atoms with Gasteiger partial charge in [-0.1, -0.05) is 19.8 Å². The molecular weight excluding hydrogens is 346 g/mol. The number of carbonyl (C=O) groups excluding carboxylic acids is 1. The SMILES string of the molecule is CCCn1c(=O)c2ccc(C(=O)NC3CCCC3)cc2n2c(=O)n(C)nc12. The second kappa shape index (κ2) is 6.68. The zero-order chi connectivity index (χ0) is 19.1. The number of rotatable bonds is 4. The summed E-state index contributed by atoms with van der Waals surface area (Å²) in [6, 6.07) is 5.10. The molecule has 1 amide bonds. The van der Waals surface area contributed by atoms with Crippen molar-refractivity contribution in [3.63, 3.8) is 0 Å². The third-order valence-electron chi connectivity index (χ3n) is 5.26. The maximum absolute atomic E-state index is 12.9. The van der Waals surface area contributed by atoms with Crippen molar-refractivity contribution in [2.45, 2.75) is 51.6 Å². The summed E-state index contributed by atoms with van der Waals surface area (Å²) in [5, 5.41) is 7.68. The van der Waals surface area contributed by atoms with Crippen molar-refractivity contribution in [3.8, 4) is 0 Å². The van der Waals surface area contributed by atoms with Crippen LogP contribution >= 0.6 is 0 Å². The fourth-order valence-electron chi connectivity index (χ4n) is 3.88. The Kier molecular flexibility index (Phi) is 4.33. The first-order valence-electron chi connectivity index (χ1n) is 9.44. The number of hydrogen-bond donors (Lipinski definition) is 1. The second-order valence-corrected chi connectivity index (χ2v) is 7.19. The third-order valence-corrected chi connectivity index (χ3v) is 5.26. The van der Waals surface area contributed by atoms with Crippen LogP contribution in [0.25, 0.3) is 16.7 Å². The fraction of sp³-hybridized carbons (Fsp3) is 0.474. The van der Waals surface area contributed by atoms with E-state index >= 15 is 0 Å². The molecule has 0 aliphatic heterocycles. The summed E-state index contributed by atoms with van der Waals surface area (Å²) in [4.78, 5) is 38.2. The molecular formula is C19H23N5O3. The zero-order valence-electron chi connectivity index (χ0n) is 15.6. The van der Waals surface area contributed by atoms with E-state index in [4.69, 9.17) is 0 Å². The predicted octanol–water partition coefficient (Wildman–Crippen LogP) is 1.43. The molecule has 27 heavy (non-hydrogen) atoms. The number of nitrogens with one attached hydrogen (secondary N) is 1. The number of carbonyl (C=O) groups is 1. The lowest BCUT2D eigenvalue weighted by Gasteiger charge is -2.13. The Bertz CT molecular complexity index is 1150. The van der Waals surface area contributed by atoms with Crippen LogP contribution in [0.5, 0.6) is 0 Å². The highest BCUT2D eigenvalue weighted by molar-refractivity contribution is 5.98. The molecule has 0 atom stereocenters. The van der Waals surface area contributed by atoms with Crippen LogP contribution in [-0.2, 0) is 13.6 Å². The lowest BCUT2D eigenvalue weighted by Crippen LogP contribution is -2.32. The number of amides is 1. The van der Waals surface area contributed by atoms with E-state index in [9.17, 15) is 14.4 Å². The summed E-state index contributed by atoms with van der Waals surface area (Å²) in [5.41, 5.74) is 0.319. The molecule has 0 spiro atoms. The number of hydrogen-bond acceptors (Lipinski definition) is 4. The molecule has 1 fully saturated rings. The van der Waals surface area contributed by atoms with Crippen LogP contribution in [-0.4, -0.2) is 30.7 Å². The molecule has 8 heteroatoms. The largest absolute Gasteiger partial charge is 0.351 e. The van der Waals surface area contributed by atoms with Gasteiger partial charge in [-0.05, 0) is 37.5 Å². The van der Waals surface area contributed by atoms with Gasteiger partial charge in [0.05, 0.1) is 10.9 Å². The van der Waals surface area contributed by atoms with Gasteiger partial charge in [0.2, 0.25) is 5.78 Å². The summed E-state index contributed by atoms with van der Waals surface area (Å²) in [6.45, 7) is 2.43. The lowest BCUT2D eigenvalue weighted by atomic mass is 10.1. The topological polar surface area (TPSA) is 90.4 Å². The highest BCUT2D eigenvalue weighted by atomic mass is 16.2. The smallest absolute Gasteiger partial charge is 0.349 e. The van der Waals surface area contributed by atoms with Crippen LogP contribution in [0.3, 0.4) is 0 Å². The van der Waals surface area contributed by atoms with Crippen molar-refractivity contribution in [1.82, 2.24) is 24.1 Å². The van der Waals surface area contributed by atoms with Gasteiger partial charge in [-0.15, -0.1) is 5.10 Å². The van der Waals surface area contributed by atoms with Gasteiger partial charge in [0, 0.05) is 25.2 Å². The Morgan fingerprint density at radius 3 is 2.70 bits per heavy atom. The molecule has 1 aliphatic rings. The van der Waals surface area contributed by atoms with E-state index in [1.165, 1.54) is 13.6 Å². The number of nitrogens with zero attached hydrogens (tertiary/aromatic N) is 4. The fourth-order valence-corrected chi connectivity index (χ4v) is 3.88. The van der Waals surface area contributed by atoms with Crippen molar-refractivity contribution in [1.29, 1.82) is 0 Å². The standard InChI is InChI=1S/C19H23N5O3/c1-3-10-23-17(26)14-9-8-12(16(25)20-13-6-4-5-7-13)11-15(14)24-18(23)21-22(2)19(24)27/h8-9,11,13H,3-7,10H2,1-2H3,(H,20,25). The van der Waals surface area contributed by atoms with Crippen LogP contribution in [0, 0.1) is 0 Å². The number of aromatic nitrogens is 4. The van der Waals surface area contributed by atoms with Crippen molar-refractivity contribution >= 4 is 22.6 Å². The predicted molar refractivity (Wildman–Crippen MR) is 102 cm³/mol. The molecule has 8 nitrogen and oxygen atoms in total. The van der Waals surface area contributed by atoms with E-state index in [0.29, 0.717) is 28.8 Å². The first-order chi connectivity index (χ1) is 13.0. The normalized spacial score (nSPS) is 15.0. The van der Waals surface area contributed by atoms with E-state index in [1.54, 1.807) is 25.2 Å². The third kappa shape index (κ3) is 2.85. The van der Waals surface area contributed by atoms with Crippen molar-refractivity contribution in [2.75, 3.05) is 0 Å².